The molecule has 0 aliphatic heterocycles. The van der Waals surface area contributed by atoms with Crippen molar-refractivity contribution in [2.75, 3.05) is 0 Å². The zero-order valence-electron chi connectivity index (χ0n) is 71.5. The van der Waals surface area contributed by atoms with Crippen LogP contribution in [-0.4, -0.2) is 0 Å². The molecule has 16 aliphatic rings. The lowest BCUT2D eigenvalue weighted by atomic mass is 9.58. The predicted octanol–water partition coefficient (Wildman–Crippen LogP) is 32.4. The predicted molar refractivity (Wildman–Crippen MR) is 435 cm³/mol. The molecule has 10 bridgehead atoms. The highest BCUT2D eigenvalue weighted by Crippen LogP contribution is 2.60. The molecule has 0 heteroatoms. The average molecular weight is 1350 g/mol. The summed E-state index contributed by atoms with van der Waals surface area (Å²) in [4.78, 5) is 0. The Morgan fingerprint density at radius 1 is 0.278 bits per heavy atom. The van der Waals surface area contributed by atoms with Crippen molar-refractivity contribution in [3.8, 4) is 0 Å². The molecule has 0 heterocycles. The summed E-state index contributed by atoms with van der Waals surface area (Å²) in [5.41, 5.74) is 3.22. The Morgan fingerprint density at radius 3 is 1.01 bits per heavy atom. The first-order chi connectivity index (χ1) is 45.7. The van der Waals surface area contributed by atoms with E-state index in [0.717, 1.165) is 147 Å². The molecule has 0 N–H and O–H groups in total. The van der Waals surface area contributed by atoms with Crippen LogP contribution in [0.2, 0.25) is 0 Å². The fraction of sp³-hybridized carbons (Fsp3) is 1.00. The van der Waals surface area contributed by atoms with Gasteiger partial charge in [-0.05, 0) is 291 Å². The zero-order valence-corrected chi connectivity index (χ0v) is 71.5. The Labute approximate surface area is 614 Å². The Bertz CT molecular complexity index is 2000. The van der Waals surface area contributed by atoms with Crippen molar-refractivity contribution >= 4 is 0 Å². The normalized spacial score (nSPS) is 42.2. The summed E-state index contributed by atoms with van der Waals surface area (Å²) in [6, 6.07) is 0. The minimum Gasteiger partial charge on any atom is -0.0651 e. The summed E-state index contributed by atoms with van der Waals surface area (Å²) in [6.45, 7) is 57.7. The van der Waals surface area contributed by atoms with Gasteiger partial charge in [0.1, 0.15) is 0 Å². The Morgan fingerprint density at radius 2 is 0.742 bits per heavy atom. The van der Waals surface area contributed by atoms with Gasteiger partial charge >= 0.3 is 0 Å². The third-order valence-corrected chi connectivity index (χ3v) is 35.5. The molecule has 0 aromatic carbocycles. The van der Waals surface area contributed by atoms with Gasteiger partial charge in [0.05, 0.1) is 0 Å². The fourth-order valence-electron chi connectivity index (χ4n) is 24.8. The molecule has 572 valence electrons. The second kappa shape index (κ2) is 40.6. The first-order valence-electron chi connectivity index (χ1n) is 45.7. The molecular weight excluding hydrogens is 1170 g/mol. The smallest absolute Gasteiger partial charge is 0.0297 e. The molecule has 0 spiro atoms. The van der Waals surface area contributed by atoms with Crippen LogP contribution in [0.15, 0.2) is 0 Å². The molecule has 16 saturated carbocycles. The van der Waals surface area contributed by atoms with E-state index in [1.807, 2.05) is 0 Å². The monoisotopic (exact) mass is 1350 g/mol. The van der Waals surface area contributed by atoms with Crippen LogP contribution in [0.1, 0.15) is 449 Å². The highest BCUT2D eigenvalue weighted by molar-refractivity contribution is 5.00. The standard InChI is InChI=1S/C11H22.C10H18.3C9H16.2C9H18.C8H14.2C8H16.C7H14/c1-9-10(2,3)7-6-8-11(9,4)5;1-7-8-4-5-9(6-8)10(7,2)3;1-7-5-8-3-4-9(7,2)6-8;1-6-7(2)9-4-3-8(6)5-9;1-2-8-5-7-3-4-9(8)6-7;1-8-6-4-5-7-9(8,2)3;1-7-5-4-6-8(2)9(7)3;1-6-4-7-2-3-8(6)5-7;1-7-5-3-4-6-8(7)2;1-2-8-6-4-3-5-7-8;1-2-7-5-3-4-6-7/h9H,6-8H2,1-5H3;7-9H,4-6H2,1-3H3;7-8H,3-6H2,1-2H3;6-9H,3-5H2,1-2H3;7-9H,2-6H2,1H3;8H,4-7H2,1-3H3;7-9H,4-6H2,1-3H3;6-8H,2-5H2,1H3;7-8H,3-6H2,1-2H3;8H,2-7H2,1H3;7H,2-6H2,1H3/t;2*7-,8?,9?;6-,7?,8?,9?;;8-;;6-,7?,8?;7-,8?;;/m.100.1.01../s1. The van der Waals surface area contributed by atoms with Crippen LogP contribution in [0.25, 0.3) is 0 Å². The molecule has 16 aliphatic carbocycles. The van der Waals surface area contributed by atoms with Crippen LogP contribution in [0.4, 0.5) is 0 Å². The van der Waals surface area contributed by atoms with Crippen molar-refractivity contribution in [3.63, 3.8) is 0 Å². The largest absolute Gasteiger partial charge is 0.0651 e. The molecule has 0 aromatic rings. The van der Waals surface area contributed by atoms with Crippen LogP contribution >= 0.6 is 0 Å². The molecular formula is C97H184. The number of hydrogen-bond acceptors (Lipinski definition) is 0. The number of rotatable bonds is 3. The first-order valence-corrected chi connectivity index (χ1v) is 45.7. The molecule has 21 atom stereocenters. The van der Waals surface area contributed by atoms with E-state index in [-0.39, 0.29) is 0 Å². The summed E-state index contributed by atoms with van der Waals surface area (Å²) in [7, 11) is 0. The van der Waals surface area contributed by atoms with E-state index >= 15 is 0 Å². The lowest BCUT2D eigenvalue weighted by Gasteiger charge is -2.47. The SMILES string of the molecule is CC1C(C)(C)CCCC1(C)C.CC1C2CCC(C2)[C@H]1C.CC1CCCC(C)C1C.CC1CCCC[C@H]1C.CCC1CC2CCC1C2.CCC1CCCC1.CCC1CCCCC1.C[C@@H]1C2CCC(C2)C1(C)C.C[C@@H]1CCCCC1(C)C.C[C@H]1CC2CCC1(C)C2.C[C@H]1CC2CCC1C2. The maximum absolute atomic E-state index is 2.48. The van der Waals surface area contributed by atoms with E-state index in [1.165, 1.54) is 225 Å². The van der Waals surface area contributed by atoms with Gasteiger partial charge in [-0.1, -0.05) is 327 Å². The van der Waals surface area contributed by atoms with Gasteiger partial charge in [0.15, 0.2) is 0 Å². The topological polar surface area (TPSA) is 0 Å². The van der Waals surface area contributed by atoms with E-state index in [0.29, 0.717) is 21.7 Å². The maximum Gasteiger partial charge on any atom is -0.0297 e. The first kappa shape index (κ1) is 85.9. The molecule has 0 amide bonds. The fourth-order valence-corrected chi connectivity index (χ4v) is 24.8. The van der Waals surface area contributed by atoms with E-state index in [1.54, 1.807) is 57.8 Å². The lowest BCUT2D eigenvalue weighted by molar-refractivity contribution is 0.0286. The maximum atomic E-state index is 2.48. The van der Waals surface area contributed by atoms with Crippen molar-refractivity contribution < 1.29 is 0 Å². The summed E-state index contributed by atoms with van der Waals surface area (Å²) >= 11 is 0. The van der Waals surface area contributed by atoms with E-state index in [9.17, 15) is 0 Å². The molecule has 16 rings (SSSR count). The van der Waals surface area contributed by atoms with Gasteiger partial charge in [-0.2, -0.15) is 0 Å². The van der Waals surface area contributed by atoms with Crippen LogP contribution in [0.3, 0.4) is 0 Å². The van der Waals surface area contributed by atoms with E-state index in [2.05, 4.69) is 166 Å². The third-order valence-electron chi connectivity index (χ3n) is 35.5. The molecule has 0 aromatic heterocycles. The quantitative estimate of drug-likeness (QED) is 0.264. The highest BCUT2D eigenvalue weighted by atomic mass is 14.6. The van der Waals surface area contributed by atoms with Gasteiger partial charge in [0, 0.05) is 0 Å². The molecule has 16 fully saturated rings. The summed E-state index contributed by atoms with van der Waals surface area (Å²) in [5, 5.41) is 0. The van der Waals surface area contributed by atoms with Gasteiger partial charge in [-0.15, -0.1) is 0 Å². The Hall–Kier alpha value is 0. The van der Waals surface area contributed by atoms with Crippen LogP contribution in [-0.2, 0) is 0 Å². The molecule has 0 nitrogen and oxygen atoms in total. The molecule has 15 unspecified atom stereocenters. The van der Waals surface area contributed by atoms with Crippen LogP contribution < -0.4 is 0 Å². The minimum absolute atomic E-state index is 0.571. The molecule has 97 heavy (non-hydrogen) atoms. The van der Waals surface area contributed by atoms with Crippen molar-refractivity contribution in [1.82, 2.24) is 0 Å². The number of fused-ring (bicyclic) bond motifs is 10. The van der Waals surface area contributed by atoms with E-state index < -0.39 is 0 Å². The van der Waals surface area contributed by atoms with Crippen molar-refractivity contribution in [2.24, 2.45) is 169 Å². The van der Waals surface area contributed by atoms with Gasteiger partial charge in [-0.25, -0.2) is 0 Å². The van der Waals surface area contributed by atoms with Gasteiger partial charge in [-0.3, -0.25) is 0 Å². The average Bonchev–Trinajstić information content (AvgIpc) is 1.65. The second-order valence-corrected chi connectivity index (χ2v) is 43.0. The van der Waals surface area contributed by atoms with Crippen molar-refractivity contribution in [2.45, 2.75) is 449 Å². The second-order valence-electron chi connectivity index (χ2n) is 43.0. The summed E-state index contributed by atoms with van der Waals surface area (Å²) < 4.78 is 0. The third kappa shape index (κ3) is 25.9. The summed E-state index contributed by atoms with van der Waals surface area (Å²) in [6.07, 6.45) is 66.0. The number of hydrogen-bond donors (Lipinski definition) is 0. The highest BCUT2D eigenvalue weighted by Gasteiger charge is 2.51. The van der Waals surface area contributed by atoms with Crippen molar-refractivity contribution in [3.05, 3.63) is 0 Å². The Balaban J connectivity index is 0.000000169. The zero-order chi connectivity index (χ0) is 71.5. The van der Waals surface area contributed by atoms with Crippen LogP contribution in [0.5, 0.6) is 0 Å². The molecule has 0 radical (unpaired) electrons. The summed E-state index contributed by atoms with van der Waals surface area (Å²) in [5.74, 6) is 25.3. The van der Waals surface area contributed by atoms with E-state index in [4.69, 9.17) is 0 Å². The molecule has 0 saturated heterocycles. The van der Waals surface area contributed by atoms with Crippen LogP contribution in [0, 0.1) is 169 Å². The van der Waals surface area contributed by atoms with Gasteiger partial charge in [0.25, 0.3) is 0 Å². The van der Waals surface area contributed by atoms with Crippen molar-refractivity contribution in [1.29, 1.82) is 0 Å². The lowest BCUT2D eigenvalue weighted by Crippen LogP contribution is -2.38. The van der Waals surface area contributed by atoms with Gasteiger partial charge < -0.3 is 0 Å². The van der Waals surface area contributed by atoms with Gasteiger partial charge in [0.2, 0.25) is 0 Å². The minimum atomic E-state index is 0.571. The Kier molecular flexibility index (Phi) is 36.0.